The van der Waals surface area contributed by atoms with Crippen LogP contribution in [0.15, 0.2) is 21.1 Å². The van der Waals surface area contributed by atoms with Crippen LogP contribution in [0.4, 0.5) is 0 Å². The van der Waals surface area contributed by atoms with Crippen molar-refractivity contribution < 1.29 is 4.74 Å². The van der Waals surface area contributed by atoms with E-state index in [9.17, 15) is 0 Å². The predicted molar refractivity (Wildman–Crippen MR) is 88.8 cm³/mol. The molecule has 0 aromatic heterocycles. The fraction of sp³-hybridized carbons (Fsp3) is 0.600. The molecule has 0 heterocycles. The van der Waals surface area contributed by atoms with Crippen molar-refractivity contribution in [1.82, 2.24) is 5.32 Å². The molecule has 1 aromatic rings. The van der Waals surface area contributed by atoms with Gasteiger partial charge in [-0.3, -0.25) is 0 Å². The van der Waals surface area contributed by atoms with Crippen LogP contribution in [0.5, 0.6) is 5.75 Å². The zero-order valence-corrected chi connectivity index (χ0v) is 15.3. The van der Waals surface area contributed by atoms with Crippen LogP contribution >= 0.6 is 31.9 Å². The van der Waals surface area contributed by atoms with E-state index in [2.05, 4.69) is 64.0 Å². The summed E-state index contributed by atoms with van der Waals surface area (Å²) in [5, 5.41) is 3.64. The summed E-state index contributed by atoms with van der Waals surface area (Å²) in [6.45, 7) is 10.2. The van der Waals surface area contributed by atoms with Gasteiger partial charge in [0.1, 0.15) is 5.75 Å². The molecule has 0 bridgehead atoms. The van der Waals surface area contributed by atoms with Gasteiger partial charge in [-0.1, -0.05) is 29.8 Å². The number of rotatable bonds is 7. The highest BCUT2D eigenvalue weighted by Crippen LogP contribution is 2.33. The Morgan fingerprint density at radius 2 is 1.79 bits per heavy atom. The van der Waals surface area contributed by atoms with Crippen molar-refractivity contribution in [3.8, 4) is 5.75 Å². The standard InChI is InChI=1S/C15H23Br2NO/c1-5-15(4,6-2)18-10-11-8-12(16)9-13(17)14(11)19-7-3/h8-9,18H,5-7,10H2,1-4H3. The summed E-state index contributed by atoms with van der Waals surface area (Å²) >= 11 is 7.11. The second kappa shape index (κ2) is 7.65. The maximum Gasteiger partial charge on any atom is 0.138 e. The molecule has 0 saturated carbocycles. The summed E-state index contributed by atoms with van der Waals surface area (Å²) in [7, 11) is 0. The molecular weight excluding hydrogens is 370 g/mol. The first-order valence-electron chi connectivity index (χ1n) is 6.81. The van der Waals surface area contributed by atoms with Crippen molar-refractivity contribution in [2.75, 3.05) is 6.61 Å². The number of ether oxygens (including phenoxy) is 1. The fourth-order valence-electron chi connectivity index (χ4n) is 1.86. The van der Waals surface area contributed by atoms with Gasteiger partial charge in [-0.05, 0) is 54.8 Å². The largest absolute Gasteiger partial charge is 0.492 e. The molecule has 0 radical (unpaired) electrons. The molecule has 1 N–H and O–H groups in total. The lowest BCUT2D eigenvalue weighted by Gasteiger charge is -2.29. The lowest BCUT2D eigenvalue weighted by molar-refractivity contribution is 0.313. The van der Waals surface area contributed by atoms with E-state index in [1.807, 2.05) is 13.0 Å². The Bertz CT molecular complexity index is 417. The van der Waals surface area contributed by atoms with Crippen LogP contribution in [0.25, 0.3) is 0 Å². The predicted octanol–water partition coefficient (Wildman–Crippen LogP) is 5.28. The third kappa shape index (κ3) is 4.76. The van der Waals surface area contributed by atoms with E-state index in [1.54, 1.807) is 0 Å². The summed E-state index contributed by atoms with van der Waals surface area (Å²) in [5.41, 5.74) is 1.36. The molecule has 19 heavy (non-hydrogen) atoms. The Labute approximate surface area is 133 Å². The number of hydrogen-bond donors (Lipinski definition) is 1. The Kier molecular flexibility index (Phi) is 6.84. The third-order valence-corrected chi connectivity index (χ3v) is 4.69. The quantitative estimate of drug-likeness (QED) is 0.681. The molecule has 1 aromatic carbocycles. The number of halogens is 2. The molecule has 0 spiro atoms. The highest BCUT2D eigenvalue weighted by Gasteiger charge is 2.19. The van der Waals surface area contributed by atoms with E-state index in [-0.39, 0.29) is 5.54 Å². The van der Waals surface area contributed by atoms with Crippen molar-refractivity contribution in [2.45, 2.75) is 52.6 Å². The van der Waals surface area contributed by atoms with Gasteiger partial charge in [0.25, 0.3) is 0 Å². The van der Waals surface area contributed by atoms with Gasteiger partial charge in [0.05, 0.1) is 11.1 Å². The molecule has 0 aliphatic rings. The van der Waals surface area contributed by atoms with Crippen molar-refractivity contribution in [3.05, 3.63) is 26.6 Å². The SMILES string of the molecule is CCOc1c(Br)cc(Br)cc1CNC(C)(CC)CC. The second-order valence-corrected chi connectivity index (χ2v) is 6.70. The van der Waals surface area contributed by atoms with Crippen LogP contribution in [0.3, 0.4) is 0 Å². The van der Waals surface area contributed by atoms with E-state index in [1.165, 1.54) is 5.56 Å². The second-order valence-electron chi connectivity index (χ2n) is 4.93. The fourth-order valence-corrected chi connectivity index (χ4v) is 3.29. The summed E-state index contributed by atoms with van der Waals surface area (Å²) in [4.78, 5) is 0. The van der Waals surface area contributed by atoms with Gasteiger partial charge in [0.15, 0.2) is 0 Å². The van der Waals surface area contributed by atoms with Gasteiger partial charge in [-0.25, -0.2) is 0 Å². The van der Waals surface area contributed by atoms with Gasteiger partial charge in [-0.2, -0.15) is 0 Å². The Morgan fingerprint density at radius 1 is 1.16 bits per heavy atom. The molecule has 4 heteroatoms. The molecule has 0 aliphatic heterocycles. The average Bonchev–Trinajstić information content (AvgIpc) is 2.39. The van der Waals surface area contributed by atoms with Crippen LogP contribution in [0.1, 0.15) is 46.1 Å². The lowest BCUT2D eigenvalue weighted by atomic mass is 9.95. The van der Waals surface area contributed by atoms with Crippen molar-refractivity contribution in [3.63, 3.8) is 0 Å². The summed E-state index contributed by atoms with van der Waals surface area (Å²) in [5.74, 6) is 0.938. The minimum Gasteiger partial charge on any atom is -0.492 e. The first-order valence-corrected chi connectivity index (χ1v) is 8.40. The molecule has 0 fully saturated rings. The van der Waals surface area contributed by atoms with E-state index in [0.29, 0.717) is 6.61 Å². The van der Waals surface area contributed by atoms with Crippen molar-refractivity contribution >= 4 is 31.9 Å². The molecule has 0 amide bonds. The summed E-state index contributed by atoms with van der Waals surface area (Å²) in [6.07, 6.45) is 2.23. The van der Waals surface area contributed by atoms with Gasteiger partial charge in [-0.15, -0.1) is 0 Å². The van der Waals surface area contributed by atoms with Crippen LogP contribution in [-0.4, -0.2) is 12.1 Å². The van der Waals surface area contributed by atoms with E-state index < -0.39 is 0 Å². The maximum absolute atomic E-state index is 5.75. The normalized spacial score (nSPS) is 11.7. The Morgan fingerprint density at radius 3 is 2.32 bits per heavy atom. The van der Waals surface area contributed by atoms with Gasteiger partial charge < -0.3 is 10.1 Å². The first kappa shape index (κ1) is 17.0. The highest BCUT2D eigenvalue weighted by molar-refractivity contribution is 9.11. The molecule has 0 unspecified atom stereocenters. The lowest BCUT2D eigenvalue weighted by Crippen LogP contribution is -2.40. The molecule has 108 valence electrons. The van der Waals surface area contributed by atoms with E-state index in [4.69, 9.17) is 4.74 Å². The van der Waals surface area contributed by atoms with E-state index >= 15 is 0 Å². The maximum atomic E-state index is 5.75. The zero-order chi connectivity index (χ0) is 14.5. The molecule has 0 aliphatic carbocycles. The van der Waals surface area contributed by atoms with E-state index in [0.717, 1.165) is 34.1 Å². The van der Waals surface area contributed by atoms with Crippen molar-refractivity contribution in [1.29, 1.82) is 0 Å². The first-order chi connectivity index (χ1) is 8.95. The van der Waals surface area contributed by atoms with Crippen molar-refractivity contribution in [2.24, 2.45) is 0 Å². The number of benzene rings is 1. The van der Waals surface area contributed by atoms with Gasteiger partial charge in [0.2, 0.25) is 0 Å². The van der Waals surface area contributed by atoms with Crippen LogP contribution < -0.4 is 10.1 Å². The van der Waals surface area contributed by atoms with Gasteiger partial charge >= 0.3 is 0 Å². The Balaban J connectivity index is 2.93. The smallest absolute Gasteiger partial charge is 0.138 e. The minimum atomic E-state index is 0.179. The average molecular weight is 393 g/mol. The minimum absolute atomic E-state index is 0.179. The summed E-state index contributed by atoms with van der Waals surface area (Å²) < 4.78 is 7.81. The Hall–Kier alpha value is -0.0600. The van der Waals surface area contributed by atoms with Crippen LogP contribution in [0, 0.1) is 0 Å². The van der Waals surface area contributed by atoms with Crippen LogP contribution in [-0.2, 0) is 6.54 Å². The molecule has 1 rings (SSSR count). The molecule has 0 saturated heterocycles. The highest BCUT2D eigenvalue weighted by atomic mass is 79.9. The van der Waals surface area contributed by atoms with Crippen LogP contribution in [0.2, 0.25) is 0 Å². The monoisotopic (exact) mass is 391 g/mol. The molecule has 0 atom stereocenters. The topological polar surface area (TPSA) is 21.3 Å². The molecule has 2 nitrogen and oxygen atoms in total. The summed E-state index contributed by atoms with van der Waals surface area (Å²) in [6, 6.07) is 4.14. The third-order valence-electron chi connectivity index (χ3n) is 3.64. The number of hydrogen-bond acceptors (Lipinski definition) is 2. The molecular formula is C15H23Br2NO. The number of nitrogens with one attached hydrogen (secondary N) is 1. The zero-order valence-electron chi connectivity index (χ0n) is 12.1. The van der Waals surface area contributed by atoms with Gasteiger partial charge in [0, 0.05) is 22.1 Å².